The van der Waals surface area contributed by atoms with Gasteiger partial charge in [0.1, 0.15) is 11.5 Å². The number of nitrogens with zero attached hydrogens (tertiary/aromatic N) is 1. The van der Waals surface area contributed by atoms with E-state index in [0.29, 0.717) is 6.54 Å². The fraction of sp³-hybridized carbons (Fsp3) is 0.188. The van der Waals surface area contributed by atoms with Crippen LogP contribution >= 0.6 is 0 Å². The van der Waals surface area contributed by atoms with Crippen LogP contribution in [0.2, 0.25) is 0 Å². The summed E-state index contributed by atoms with van der Waals surface area (Å²) in [6.07, 6.45) is 0. The van der Waals surface area contributed by atoms with Crippen LogP contribution in [0.25, 0.3) is 0 Å². The first-order chi connectivity index (χ1) is 9.28. The lowest BCUT2D eigenvalue weighted by Crippen LogP contribution is -2.09. The molecule has 0 spiro atoms. The van der Waals surface area contributed by atoms with Crippen LogP contribution in [0.1, 0.15) is 6.92 Å². The van der Waals surface area contributed by atoms with Crippen LogP contribution in [0.5, 0.6) is 11.5 Å². The average molecular weight is 252 g/mol. The van der Waals surface area contributed by atoms with Gasteiger partial charge < -0.3 is 10.1 Å². The normalized spacial score (nSPS) is 11.4. The average Bonchev–Trinajstić information content (AvgIpc) is 2.46. The highest BCUT2D eigenvalue weighted by molar-refractivity contribution is 5.49. The molecule has 1 unspecified atom stereocenters. The van der Waals surface area contributed by atoms with Gasteiger partial charge in [-0.1, -0.05) is 24.3 Å². The predicted octanol–water partition coefficient (Wildman–Crippen LogP) is 4.05. The molecule has 0 aliphatic rings. The van der Waals surface area contributed by atoms with Gasteiger partial charge in [-0.25, -0.2) is 0 Å². The molecule has 2 aromatic rings. The largest absolute Gasteiger partial charge is 0.457 e. The standard InChI is InChI=1S/C16H16N2O/c1-13(11-17)12-18-14-6-5-9-16(10-14)19-15-7-3-2-4-8-15/h2-10,13,18H,12H2,1H3. The van der Waals surface area contributed by atoms with Crippen LogP contribution in [-0.2, 0) is 0 Å². The first kappa shape index (κ1) is 13.0. The Kier molecular flexibility index (Phi) is 4.41. The van der Waals surface area contributed by atoms with Gasteiger partial charge in [-0.15, -0.1) is 0 Å². The lowest BCUT2D eigenvalue weighted by atomic mass is 10.2. The summed E-state index contributed by atoms with van der Waals surface area (Å²) in [7, 11) is 0. The van der Waals surface area contributed by atoms with E-state index in [1.807, 2.05) is 61.5 Å². The molecule has 0 saturated heterocycles. The smallest absolute Gasteiger partial charge is 0.129 e. The van der Waals surface area contributed by atoms with Gasteiger partial charge in [0.2, 0.25) is 0 Å². The summed E-state index contributed by atoms with van der Waals surface area (Å²) in [5.41, 5.74) is 0.954. The molecule has 0 saturated carbocycles. The minimum absolute atomic E-state index is 0.0151. The zero-order valence-electron chi connectivity index (χ0n) is 10.8. The molecular weight excluding hydrogens is 236 g/mol. The number of hydrogen-bond donors (Lipinski definition) is 1. The zero-order valence-corrected chi connectivity index (χ0v) is 10.8. The van der Waals surface area contributed by atoms with Crippen LogP contribution in [-0.4, -0.2) is 6.54 Å². The van der Waals surface area contributed by atoms with Crippen LogP contribution in [0.15, 0.2) is 54.6 Å². The quantitative estimate of drug-likeness (QED) is 0.873. The van der Waals surface area contributed by atoms with Gasteiger partial charge in [0, 0.05) is 18.3 Å². The molecule has 0 amide bonds. The van der Waals surface area contributed by atoms with E-state index >= 15 is 0 Å². The van der Waals surface area contributed by atoms with Gasteiger partial charge in [-0.3, -0.25) is 0 Å². The lowest BCUT2D eigenvalue weighted by molar-refractivity contribution is 0.483. The number of hydrogen-bond acceptors (Lipinski definition) is 3. The highest BCUT2D eigenvalue weighted by Gasteiger charge is 2.01. The fourth-order valence-electron chi connectivity index (χ4n) is 1.61. The van der Waals surface area contributed by atoms with E-state index in [0.717, 1.165) is 17.2 Å². The monoisotopic (exact) mass is 252 g/mol. The maximum absolute atomic E-state index is 8.75. The molecule has 1 atom stereocenters. The molecule has 1 N–H and O–H groups in total. The highest BCUT2D eigenvalue weighted by Crippen LogP contribution is 2.23. The molecule has 3 heteroatoms. The minimum atomic E-state index is -0.0151. The highest BCUT2D eigenvalue weighted by atomic mass is 16.5. The summed E-state index contributed by atoms with van der Waals surface area (Å²) in [5, 5.41) is 12.0. The van der Waals surface area contributed by atoms with Crippen molar-refractivity contribution in [3.8, 4) is 17.6 Å². The van der Waals surface area contributed by atoms with Crippen LogP contribution in [0.4, 0.5) is 5.69 Å². The number of rotatable bonds is 5. The van der Waals surface area contributed by atoms with Gasteiger partial charge in [0.05, 0.1) is 12.0 Å². The molecule has 2 aromatic carbocycles. The lowest BCUT2D eigenvalue weighted by Gasteiger charge is -2.10. The van der Waals surface area contributed by atoms with Crippen molar-refractivity contribution >= 4 is 5.69 Å². The molecule has 0 aromatic heterocycles. The molecule has 0 fully saturated rings. The van der Waals surface area contributed by atoms with Crippen molar-refractivity contribution in [2.75, 3.05) is 11.9 Å². The predicted molar refractivity (Wildman–Crippen MR) is 76.2 cm³/mol. The van der Waals surface area contributed by atoms with Gasteiger partial charge >= 0.3 is 0 Å². The van der Waals surface area contributed by atoms with Crippen LogP contribution < -0.4 is 10.1 Å². The Morgan fingerprint density at radius 2 is 1.84 bits per heavy atom. The molecule has 0 heterocycles. The summed E-state index contributed by atoms with van der Waals surface area (Å²) in [6.45, 7) is 2.52. The van der Waals surface area contributed by atoms with Crippen molar-refractivity contribution in [3.63, 3.8) is 0 Å². The van der Waals surface area contributed by atoms with Gasteiger partial charge in [-0.2, -0.15) is 5.26 Å². The van der Waals surface area contributed by atoms with Crippen LogP contribution in [0.3, 0.4) is 0 Å². The zero-order chi connectivity index (χ0) is 13.5. The molecule has 3 nitrogen and oxygen atoms in total. The molecule has 0 aliphatic heterocycles. The van der Waals surface area contributed by atoms with Crippen molar-refractivity contribution in [2.45, 2.75) is 6.92 Å². The second kappa shape index (κ2) is 6.46. The number of anilines is 1. The van der Waals surface area contributed by atoms with Gasteiger partial charge in [0.25, 0.3) is 0 Å². The topological polar surface area (TPSA) is 45.0 Å². The van der Waals surface area contributed by atoms with Gasteiger partial charge in [0.15, 0.2) is 0 Å². The summed E-state index contributed by atoms with van der Waals surface area (Å²) >= 11 is 0. The second-order valence-corrected chi connectivity index (χ2v) is 4.35. The third-order valence-corrected chi connectivity index (χ3v) is 2.65. The van der Waals surface area contributed by atoms with Crippen molar-refractivity contribution in [1.29, 1.82) is 5.26 Å². The van der Waals surface area contributed by atoms with E-state index in [-0.39, 0.29) is 5.92 Å². The Morgan fingerprint density at radius 1 is 1.11 bits per heavy atom. The maximum Gasteiger partial charge on any atom is 0.129 e. The number of para-hydroxylation sites is 1. The van der Waals surface area contributed by atoms with E-state index in [1.165, 1.54) is 0 Å². The van der Waals surface area contributed by atoms with E-state index < -0.39 is 0 Å². The Labute approximate surface area is 113 Å². The summed E-state index contributed by atoms with van der Waals surface area (Å²) in [5.74, 6) is 1.57. The molecule has 2 rings (SSSR count). The second-order valence-electron chi connectivity index (χ2n) is 4.35. The third-order valence-electron chi connectivity index (χ3n) is 2.65. The van der Waals surface area contributed by atoms with Crippen molar-refractivity contribution in [1.82, 2.24) is 0 Å². The Bertz CT molecular complexity index is 560. The molecular formula is C16H16N2O. The van der Waals surface area contributed by atoms with E-state index in [9.17, 15) is 0 Å². The first-order valence-corrected chi connectivity index (χ1v) is 6.24. The fourth-order valence-corrected chi connectivity index (χ4v) is 1.61. The number of nitrogens with one attached hydrogen (secondary N) is 1. The SMILES string of the molecule is CC(C#N)CNc1cccc(Oc2ccccc2)c1. The van der Waals surface area contributed by atoms with Crippen molar-refractivity contribution in [3.05, 3.63) is 54.6 Å². The number of benzene rings is 2. The van der Waals surface area contributed by atoms with Crippen molar-refractivity contribution < 1.29 is 4.74 Å². The third kappa shape index (κ3) is 4.04. The Hall–Kier alpha value is -2.47. The van der Waals surface area contributed by atoms with E-state index in [1.54, 1.807) is 0 Å². The Morgan fingerprint density at radius 3 is 2.58 bits per heavy atom. The Balaban J connectivity index is 2.01. The summed E-state index contributed by atoms with van der Waals surface area (Å²) in [6, 6.07) is 19.6. The van der Waals surface area contributed by atoms with E-state index in [2.05, 4.69) is 11.4 Å². The summed E-state index contributed by atoms with van der Waals surface area (Å²) < 4.78 is 5.75. The number of nitriles is 1. The molecule has 0 aliphatic carbocycles. The van der Waals surface area contributed by atoms with Crippen molar-refractivity contribution in [2.24, 2.45) is 5.92 Å². The molecule has 0 bridgehead atoms. The first-order valence-electron chi connectivity index (χ1n) is 6.24. The molecule has 96 valence electrons. The number of ether oxygens (including phenoxy) is 1. The molecule has 19 heavy (non-hydrogen) atoms. The van der Waals surface area contributed by atoms with Gasteiger partial charge in [-0.05, 0) is 31.2 Å². The summed E-state index contributed by atoms with van der Waals surface area (Å²) in [4.78, 5) is 0. The minimum Gasteiger partial charge on any atom is -0.457 e. The maximum atomic E-state index is 8.75. The van der Waals surface area contributed by atoms with E-state index in [4.69, 9.17) is 10.00 Å². The van der Waals surface area contributed by atoms with Crippen LogP contribution in [0, 0.1) is 17.2 Å². The molecule has 0 radical (unpaired) electrons.